The van der Waals surface area contributed by atoms with Gasteiger partial charge in [0.05, 0.1) is 17.6 Å². The van der Waals surface area contributed by atoms with Crippen molar-refractivity contribution in [2.24, 2.45) is 18.2 Å². The van der Waals surface area contributed by atoms with Crippen LogP contribution < -0.4 is 5.73 Å². The molecule has 0 spiro atoms. The molecule has 2 N–H and O–H groups in total. The fourth-order valence-electron chi connectivity index (χ4n) is 1.75. The Morgan fingerprint density at radius 1 is 1.43 bits per heavy atom. The van der Waals surface area contributed by atoms with Gasteiger partial charge in [0.25, 0.3) is 0 Å². The number of nitrogens with zero attached hydrogens (tertiary/aromatic N) is 2. The van der Waals surface area contributed by atoms with Gasteiger partial charge in [-0.1, -0.05) is 26.0 Å². The first kappa shape index (κ1) is 9.06. The molecule has 3 nitrogen and oxygen atoms in total. The lowest BCUT2D eigenvalue weighted by Gasteiger charge is -2.14. The van der Waals surface area contributed by atoms with Crippen LogP contribution in [0.25, 0.3) is 11.8 Å². The molecule has 1 aromatic rings. The van der Waals surface area contributed by atoms with E-state index in [9.17, 15) is 0 Å². The number of allylic oxidation sites excluding steroid dienone is 2. The van der Waals surface area contributed by atoms with Gasteiger partial charge >= 0.3 is 0 Å². The molecule has 0 fully saturated rings. The lowest BCUT2D eigenvalue weighted by Crippen LogP contribution is -2.09. The minimum atomic E-state index is 0.0170. The van der Waals surface area contributed by atoms with Crippen molar-refractivity contribution in [3.8, 4) is 0 Å². The highest BCUT2D eigenvalue weighted by atomic mass is 15.3. The zero-order valence-electron chi connectivity index (χ0n) is 8.78. The molecular weight excluding hydrogens is 174 g/mol. The minimum absolute atomic E-state index is 0.0170. The fourth-order valence-corrected chi connectivity index (χ4v) is 1.75. The molecule has 0 atom stereocenters. The van der Waals surface area contributed by atoms with Crippen LogP contribution in [-0.2, 0) is 7.05 Å². The smallest absolute Gasteiger partial charge is 0.0905 e. The second-order valence-electron chi connectivity index (χ2n) is 4.33. The number of hydrogen-bond acceptors (Lipinski definition) is 2. The van der Waals surface area contributed by atoms with Crippen molar-refractivity contribution in [3.63, 3.8) is 0 Å². The van der Waals surface area contributed by atoms with Crippen LogP contribution in [0, 0.1) is 5.41 Å². The molecule has 14 heavy (non-hydrogen) atoms. The third-order valence-electron chi connectivity index (χ3n) is 2.46. The maximum absolute atomic E-state index is 6.03. The Morgan fingerprint density at radius 3 is 2.86 bits per heavy atom. The predicted octanol–water partition coefficient (Wildman–Crippen LogP) is 1.77. The van der Waals surface area contributed by atoms with E-state index in [0.717, 1.165) is 17.0 Å². The van der Waals surface area contributed by atoms with Crippen LogP contribution in [0.1, 0.15) is 25.1 Å². The molecule has 0 bridgehead atoms. The monoisotopic (exact) mass is 189 g/mol. The Labute approximate surface area is 83.9 Å². The van der Waals surface area contributed by atoms with Crippen molar-refractivity contribution in [2.75, 3.05) is 0 Å². The van der Waals surface area contributed by atoms with Crippen LogP contribution >= 0.6 is 0 Å². The summed E-state index contributed by atoms with van der Waals surface area (Å²) in [6.07, 6.45) is 8.14. The maximum atomic E-state index is 6.03. The molecule has 0 amide bonds. The van der Waals surface area contributed by atoms with Crippen molar-refractivity contribution in [1.82, 2.24) is 9.78 Å². The molecule has 1 aliphatic rings. The molecule has 0 saturated carbocycles. The van der Waals surface area contributed by atoms with Crippen molar-refractivity contribution in [3.05, 3.63) is 29.6 Å². The Hall–Kier alpha value is -1.51. The average molecular weight is 189 g/mol. The first-order valence-corrected chi connectivity index (χ1v) is 4.69. The second kappa shape index (κ2) is 2.74. The molecule has 3 heteroatoms. The van der Waals surface area contributed by atoms with E-state index in [4.69, 9.17) is 5.73 Å². The van der Waals surface area contributed by atoms with Gasteiger partial charge in [0.15, 0.2) is 0 Å². The summed E-state index contributed by atoms with van der Waals surface area (Å²) >= 11 is 0. The lowest BCUT2D eigenvalue weighted by atomic mass is 9.92. The number of fused-ring (bicyclic) bond motifs is 1. The Kier molecular flexibility index (Phi) is 1.77. The SMILES string of the molecule is Cn1ncc2c1C(N)=CC(C)(C)C=C2. The fraction of sp³-hybridized carbons (Fsp3) is 0.364. The van der Waals surface area contributed by atoms with Gasteiger partial charge in [-0.3, -0.25) is 4.68 Å². The highest BCUT2D eigenvalue weighted by molar-refractivity contribution is 5.73. The Balaban J connectivity index is 2.64. The summed E-state index contributed by atoms with van der Waals surface area (Å²) in [5.74, 6) is 0. The molecule has 2 rings (SSSR count). The first-order valence-electron chi connectivity index (χ1n) is 4.69. The predicted molar refractivity (Wildman–Crippen MR) is 58.2 cm³/mol. The summed E-state index contributed by atoms with van der Waals surface area (Å²) < 4.78 is 1.81. The van der Waals surface area contributed by atoms with E-state index in [1.165, 1.54) is 0 Å². The maximum Gasteiger partial charge on any atom is 0.0905 e. The quantitative estimate of drug-likeness (QED) is 0.676. The number of nitrogens with two attached hydrogens (primary N) is 1. The third kappa shape index (κ3) is 1.35. The van der Waals surface area contributed by atoms with E-state index in [1.807, 2.05) is 17.9 Å². The molecule has 0 saturated heterocycles. The van der Waals surface area contributed by atoms with Gasteiger partial charge in [-0.2, -0.15) is 5.10 Å². The molecule has 0 unspecified atom stereocenters. The zero-order valence-corrected chi connectivity index (χ0v) is 8.78. The van der Waals surface area contributed by atoms with Crippen LogP contribution in [0.5, 0.6) is 0 Å². The highest BCUT2D eigenvalue weighted by Crippen LogP contribution is 2.29. The van der Waals surface area contributed by atoms with Crippen molar-refractivity contribution in [1.29, 1.82) is 0 Å². The molecule has 1 heterocycles. The normalized spacial score (nSPS) is 18.6. The summed E-state index contributed by atoms with van der Waals surface area (Å²) in [4.78, 5) is 0. The van der Waals surface area contributed by atoms with Gasteiger partial charge in [-0.05, 0) is 6.08 Å². The number of aromatic nitrogens is 2. The van der Waals surface area contributed by atoms with Crippen molar-refractivity contribution < 1.29 is 0 Å². The van der Waals surface area contributed by atoms with E-state index in [1.54, 1.807) is 0 Å². The van der Waals surface area contributed by atoms with E-state index >= 15 is 0 Å². The average Bonchev–Trinajstić information content (AvgIpc) is 2.37. The van der Waals surface area contributed by atoms with E-state index in [2.05, 4.69) is 37.2 Å². The van der Waals surface area contributed by atoms with Crippen LogP contribution in [0.3, 0.4) is 0 Å². The van der Waals surface area contributed by atoms with Crippen LogP contribution in [-0.4, -0.2) is 9.78 Å². The van der Waals surface area contributed by atoms with Gasteiger partial charge in [-0.15, -0.1) is 0 Å². The van der Waals surface area contributed by atoms with Gasteiger partial charge < -0.3 is 5.73 Å². The molecule has 0 aliphatic heterocycles. The molecule has 0 radical (unpaired) electrons. The van der Waals surface area contributed by atoms with E-state index in [0.29, 0.717) is 0 Å². The first-order chi connectivity index (χ1) is 6.49. The van der Waals surface area contributed by atoms with Crippen molar-refractivity contribution in [2.45, 2.75) is 13.8 Å². The van der Waals surface area contributed by atoms with Crippen LogP contribution in [0.4, 0.5) is 0 Å². The standard InChI is InChI=1S/C11H15N3/c1-11(2)5-4-8-7-13-14(3)10(8)9(12)6-11/h4-7H,12H2,1-3H3. The van der Waals surface area contributed by atoms with E-state index < -0.39 is 0 Å². The second-order valence-corrected chi connectivity index (χ2v) is 4.33. The Morgan fingerprint density at radius 2 is 2.14 bits per heavy atom. The molecule has 1 aliphatic carbocycles. The summed E-state index contributed by atoms with van der Waals surface area (Å²) in [5, 5.41) is 4.18. The molecule has 1 aromatic heterocycles. The number of hydrogen-bond donors (Lipinski definition) is 1. The van der Waals surface area contributed by atoms with Gasteiger partial charge in [0.1, 0.15) is 0 Å². The molecular formula is C11H15N3. The number of aryl methyl sites for hydroxylation is 1. The number of rotatable bonds is 0. The topological polar surface area (TPSA) is 43.8 Å². The lowest BCUT2D eigenvalue weighted by molar-refractivity contribution is 0.630. The summed E-state index contributed by atoms with van der Waals surface area (Å²) in [7, 11) is 1.91. The van der Waals surface area contributed by atoms with Crippen LogP contribution in [0.15, 0.2) is 18.3 Å². The summed E-state index contributed by atoms with van der Waals surface area (Å²) in [6.45, 7) is 4.27. The van der Waals surface area contributed by atoms with E-state index in [-0.39, 0.29) is 5.41 Å². The highest BCUT2D eigenvalue weighted by Gasteiger charge is 2.18. The zero-order chi connectivity index (χ0) is 10.3. The molecule has 74 valence electrons. The Bertz CT molecular complexity index is 422. The summed E-state index contributed by atoms with van der Waals surface area (Å²) in [6, 6.07) is 0. The minimum Gasteiger partial charge on any atom is -0.397 e. The van der Waals surface area contributed by atoms with Gasteiger partial charge in [-0.25, -0.2) is 0 Å². The molecule has 0 aromatic carbocycles. The van der Waals surface area contributed by atoms with Crippen LogP contribution in [0.2, 0.25) is 0 Å². The largest absolute Gasteiger partial charge is 0.397 e. The van der Waals surface area contributed by atoms with Gasteiger partial charge in [0, 0.05) is 18.0 Å². The third-order valence-corrected chi connectivity index (χ3v) is 2.46. The van der Waals surface area contributed by atoms with Gasteiger partial charge in [0.2, 0.25) is 0 Å². The van der Waals surface area contributed by atoms with Crippen molar-refractivity contribution >= 4 is 11.8 Å². The summed E-state index contributed by atoms with van der Waals surface area (Å²) in [5.41, 5.74) is 8.94.